The summed E-state index contributed by atoms with van der Waals surface area (Å²) in [4.78, 5) is 6.67. The van der Waals surface area contributed by atoms with E-state index in [1.54, 1.807) is 7.11 Å². The molecule has 0 saturated heterocycles. The lowest BCUT2D eigenvalue weighted by atomic mass is 10.2. The Hall–Kier alpha value is -1.17. The summed E-state index contributed by atoms with van der Waals surface area (Å²) in [5, 5.41) is 0. The molecule has 1 fully saturated rings. The fraction of sp³-hybridized carbons (Fsp3) is 0.583. The van der Waals surface area contributed by atoms with Gasteiger partial charge in [0.05, 0.1) is 6.61 Å². The molecule has 1 heterocycles. The van der Waals surface area contributed by atoms with E-state index in [2.05, 4.69) is 21.4 Å². The first-order valence-corrected chi connectivity index (χ1v) is 5.98. The molecular formula is C12H20N4O. The zero-order chi connectivity index (χ0) is 12.1. The number of hydrogen-bond donors (Lipinski definition) is 2. The number of hydrazine groups is 1. The molecule has 0 unspecified atom stereocenters. The Morgan fingerprint density at radius 2 is 2.35 bits per heavy atom. The van der Waals surface area contributed by atoms with Crippen LogP contribution in [0.15, 0.2) is 18.3 Å². The fourth-order valence-electron chi connectivity index (χ4n) is 1.88. The predicted octanol–water partition coefficient (Wildman–Crippen LogP) is 0.978. The summed E-state index contributed by atoms with van der Waals surface area (Å²) in [5.74, 6) is 5.98. The molecule has 1 aromatic rings. The number of pyridine rings is 1. The van der Waals surface area contributed by atoms with Crippen LogP contribution in [0.4, 0.5) is 5.82 Å². The third kappa shape index (κ3) is 3.66. The predicted molar refractivity (Wildman–Crippen MR) is 67.4 cm³/mol. The van der Waals surface area contributed by atoms with Crippen LogP contribution in [0.25, 0.3) is 0 Å². The zero-order valence-corrected chi connectivity index (χ0v) is 10.2. The van der Waals surface area contributed by atoms with E-state index < -0.39 is 0 Å². The summed E-state index contributed by atoms with van der Waals surface area (Å²) in [7, 11) is 1.74. The van der Waals surface area contributed by atoms with Crippen LogP contribution in [0.5, 0.6) is 0 Å². The van der Waals surface area contributed by atoms with Gasteiger partial charge in [0, 0.05) is 32.4 Å². The van der Waals surface area contributed by atoms with Crippen molar-refractivity contribution < 1.29 is 4.74 Å². The molecule has 0 spiro atoms. The van der Waals surface area contributed by atoms with Crippen LogP contribution >= 0.6 is 0 Å². The van der Waals surface area contributed by atoms with E-state index in [0.717, 1.165) is 25.7 Å². The molecule has 0 amide bonds. The second kappa shape index (κ2) is 5.95. The normalized spacial score (nSPS) is 15.2. The van der Waals surface area contributed by atoms with E-state index in [0.29, 0.717) is 5.82 Å². The molecule has 94 valence electrons. The van der Waals surface area contributed by atoms with E-state index in [1.165, 1.54) is 18.4 Å². The average Bonchev–Trinajstić information content (AvgIpc) is 3.19. The van der Waals surface area contributed by atoms with Gasteiger partial charge in [0.2, 0.25) is 0 Å². The topological polar surface area (TPSA) is 63.4 Å². The van der Waals surface area contributed by atoms with Gasteiger partial charge in [-0.15, -0.1) is 0 Å². The smallest absolute Gasteiger partial charge is 0.139 e. The lowest BCUT2D eigenvalue weighted by Gasteiger charge is -2.21. The van der Waals surface area contributed by atoms with Crippen LogP contribution in [-0.2, 0) is 11.3 Å². The van der Waals surface area contributed by atoms with Gasteiger partial charge < -0.3 is 10.2 Å². The summed E-state index contributed by atoms with van der Waals surface area (Å²) < 4.78 is 5.14. The lowest BCUT2D eigenvalue weighted by Crippen LogP contribution is -2.29. The molecule has 0 atom stereocenters. The van der Waals surface area contributed by atoms with Gasteiger partial charge >= 0.3 is 0 Å². The molecule has 0 aliphatic heterocycles. The third-order valence-corrected chi connectivity index (χ3v) is 3.00. The summed E-state index contributed by atoms with van der Waals surface area (Å²) in [6, 6.07) is 4.69. The number of anilines is 1. The number of methoxy groups -OCH3 is 1. The Morgan fingerprint density at radius 3 is 2.88 bits per heavy atom. The van der Waals surface area contributed by atoms with Gasteiger partial charge in [-0.2, -0.15) is 0 Å². The molecule has 3 N–H and O–H groups in total. The van der Waals surface area contributed by atoms with Crippen LogP contribution in [0.3, 0.4) is 0 Å². The van der Waals surface area contributed by atoms with Gasteiger partial charge in [-0.3, -0.25) is 4.90 Å². The highest BCUT2D eigenvalue weighted by molar-refractivity contribution is 5.33. The second-order valence-electron chi connectivity index (χ2n) is 4.39. The first kappa shape index (κ1) is 12.3. The van der Waals surface area contributed by atoms with Crippen LogP contribution in [0.2, 0.25) is 0 Å². The minimum atomic E-state index is 0.698. The van der Waals surface area contributed by atoms with Gasteiger partial charge in [-0.25, -0.2) is 10.8 Å². The minimum absolute atomic E-state index is 0.698. The zero-order valence-electron chi connectivity index (χ0n) is 10.2. The monoisotopic (exact) mass is 236 g/mol. The van der Waals surface area contributed by atoms with Crippen molar-refractivity contribution in [2.24, 2.45) is 5.84 Å². The van der Waals surface area contributed by atoms with Gasteiger partial charge in [0.25, 0.3) is 0 Å². The van der Waals surface area contributed by atoms with Crippen molar-refractivity contribution in [2.45, 2.75) is 25.4 Å². The number of hydrogen-bond acceptors (Lipinski definition) is 5. The Balaban J connectivity index is 1.91. The van der Waals surface area contributed by atoms with E-state index in [-0.39, 0.29) is 0 Å². The Labute approximate surface area is 102 Å². The maximum Gasteiger partial charge on any atom is 0.139 e. The first-order valence-electron chi connectivity index (χ1n) is 5.98. The molecule has 0 aromatic carbocycles. The van der Waals surface area contributed by atoms with E-state index in [1.807, 2.05) is 12.3 Å². The van der Waals surface area contributed by atoms with Crippen molar-refractivity contribution in [2.75, 3.05) is 25.7 Å². The molecule has 1 aromatic heterocycles. The molecule has 5 nitrogen and oxygen atoms in total. The number of nitrogens with one attached hydrogen (secondary N) is 1. The fourth-order valence-corrected chi connectivity index (χ4v) is 1.88. The number of rotatable bonds is 7. The van der Waals surface area contributed by atoms with Crippen molar-refractivity contribution >= 4 is 5.82 Å². The van der Waals surface area contributed by atoms with E-state index in [4.69, 9.17) is 10.6 Å². The molecule has 17 heavy (non-hydrogen) atoms. The maximum absolute atomic E-state index is 5.29. The minimum Gasteiger partial charge on any atom is -0.383 e. The molecule has 0 bridgehead atoms. The van der Waals surface area contributed by atoms with Gasteiger partial charge in [-0.05, 0) is 24.5 Å². The quantitative estimate of drug-likeness (QED) is 0.546. The number of aromatic nitrogens is 1. The molecule has 0 radical (unpaired) electrons. The van der Waals surface area contributed by atoms with Gasteiger partial charge in [-0.1, -0.05) is 6.07 Å². The largest absolute Gasteiger partial charge is 0.383 e. The average molecular weight is 236 g/mol. The summed E-state index contributed by atoms with van der Waals surface area (Å²) in [6.45, 7) is 2.70. The van der Waals surface area contributed by atoms with Crippen molar-refractivity contribution in [1.82, 2.24) is 9.88 Å². The van der Waals surface area contributed by atoms with Crippen molar-refractivity contribution in [3.05, 3.63) is 23.9 Å². The van der Waals surface area contributed by atoms with Gasteiger partial charge in [0.1, 0.15) is 5.82 Å². The summed E-state index contributed by atoms with van der Waals surface area (Å²) in [6.07, 6.45) is 4.48. The molecule has 2 rings (SSSR count). The van der Waals surface area contributed by atoms with Crippen LogP contribution < -0.4 is 11.3 Å². The number of nitrogens with two attached hydrogens (primary N) is 1. The molecule has 1 saturated carbocycles. The number of nitrogen functional groups attached to an aromatic ring is 1. The third-order valence-electron chi connectivity index (χ3n) is 3.00. The SMILES string of the molecule is COCCN(Cc1ccc(NN)nc1)C1CC1. The highest BCUT2D eigenvalue weighted by Crippen LogP contribution is 2.27. The van der Waals surface area contributed by atoms with Crippen LogP contribution in [-0.4, -0.2) is 36.2 Å². The molecule has 5 heteroatoms. The van der Waals surface area contributed by atoms with E-state index in [9.17, 15) is 0 Å². The molecular weight excluding hydrogens is 216 g/mol. The van der Waals surface area contributed by atoms with Gasteiger partial charge in [0.15, 0.2) is 0 Å². The highest BCUT2D eigenvalue weighted by Gasteiger charge is 2.28. The standard InChI is InChI=1S/C12H20N4O/c1-17-7-6-16(11-3-4-11)9-10-2-5-12(15-13)14-8-10/h2,5,8,11H,3-4,6-7,9,13H2,1H3,(H,14,15). The summed E-state index contributed by atoms with van der Waals surface area (Å²) in [5.41, 5.74) is 3.75. The molecule has 1 aliphatic carbocycles. The Kier molecular flexibility index (Phi) is 4.30. The highest BCUT2D eigenvalue weighted by atomic mass is 16.5. The molecule has 1 aliphatic rings. The van der Waals surface area contributed by atoms with E-state index >= 15 is 0 Å². The van der Waals surface area contributed by atoms with Crippen LogP contribution in [0, 0.1) is 0 Å². The lowest BCUT2D eigenvalue weighted by molar-refractivity contribution is 0.139. The maximum atomic E-state index is 5.29. The first-order chi connectivity index (χ1) is 8.33. The van der Waals surface area contributed by atoms with Crippen molar-refractivity contribution in [1.29, 1.82) is 0 Å². The number of ether oxygens (including phenoxy) is 1. The Morgan fingerprint density at radius 1 is 1.53 bits per heavy atom. The number of nitrogens with zero attached hydrogens (tertiary/aromatic N) is 2. The van der Waals surface area contributed by atoms with Crippen LogP contribution in [0.1, 0.15) is 18.4 Å². The Bertz CT molecular complexity index is 337. The summed E-state index contributed by atoms with van der Waals surface area (Å²) >= 11 is 0. The second-order valence-corrected chi connectivity index (χ2v) is 4.39. The van der Waals surface area contributed by atoms with Crippen molar-refractivity contribution in [3.63, 3.8) is 0 Å². The van der Waals surface area contributed by atoms with Crippen molar-refractivity contribution in [3.8, 4) is 0 Å².